The first-order valence-corrected chi connectivity index (χ1v) is 12.5. The van der Waals surface area contributed by atoms with Crippen LogP contribution in [0.5, 0.6) is 0 Å². The number of nitrogens with one attached hydrogen (secondary N) is 3. The van der Waals surface area contributed by atoms with Crippen molar-refractivity contribution in [3.8, 4) is 0 Å². The van der Waals surface area contributed by atoms with Crippen molar-refractivity contribution in [3.63, 3.8) is 0 Å². The molecule has 1 saturated heterocycles. The standard InChI is InChI=1S/C28H28N6O2/c35-25-16-23(15-18-3-1-2-4-24(18)25)34-26(36)10-5-19-17-30-28(33-27(19)34)32-21-8-6-20(7-9-21)31-22-11-13-29-14-12-22/h1-10,17,22-23,29,31H,11-16H2,(H,30,32,33). The van der Waals surface area contributed by atoms with E-state index in [0.29, 0.717) is 24.1 Å². The number of benzene rings is 2. The number of Topliss-reactive ketones (excluding diaryl/α,β-unsaturated/α-hetero) is 1. The molecule has 0 bridgehead atoms. The summed E-state index contributed by atoms with van der Waals surface area (Å²) < 4.78 is 1.65. The summed E-state index contributed by atoms with van der Waals surface area (Å²) in [4.78, 5) is 35.0. The van der Waals surface area contributed by atoms with Gasteiger partial charge in [-0.05, 0) is 68.2 Å². The number of hydrogen-bond donors (Lipinski definition) is 3. The first-order chi connectivity index (χ1) is 17.6. The molecule has 6 rings (SSSR count). The Morgan fingerprint density at radius 2 is 1.67 bits per heavy atom. The Morgan fingerprint density at radius 1 is 0.889 bits per heavy atom. The van der Waals surface area contributed by atoms with Gasteiger partial charge < -0.3 is 16.0 Å². The lowest BCUT2D eigenvalue weighted by atomic mass is 9.87. The Labute approximate surface area is 208 Å². The molecule has 3 heterocycles. The van der Waals surface area contributed by atoms with Gasteiger partial charge in [0.25, 0.3) is 5.56 Å². The minimum atomic E-state index is -0.285. The molecule has 8 heteroatoms. The van der Waals surface area contributed by atoms with Crippen molar-refractivity contribution in [2.24, 2.45) is 0 Å². The van der Waals surface area contributed by atoms with Gasteiger partial charge in [-0.3, -0.25) is 14.2 Å². The molecule has 182 valence electrons. The topological polar surface area (TPSA) is 101 Å². The second kappa shape index (κ2) is 9.54. The van der Waals surface area contributed by atoms with E-state index in [4.69, 9.17) is 4.98 Å². The third-order valence-electron chi connectivity index (χ3n) is 7.08. The summed E-state index contributed by atoms with van der Waals surface area (Å²) in [6.45, 7) is 2.09. The molecule has 0 radical (unpaired) electrons. The van der Waals surface area contributed by atoms with Gasteiger partial charge in [-0.25, -0.2) is 4.98 Å². The third-order valence-corrected chi connectivity index (χ3v) is 7.08. The van der Waals surface area contributed by atoms with E-state index < -0.39 is 0 Å². The molecule has 0 amide bonds. The van der Waals surface area contributed by atoms with Crippen LogP contribution in [0.25, 0.3) is 11.0 Å². The largest absolute Gasteiger partial charge is 0.382 e. The van der Waals surface area contributed by atoms with Crippen molar-refractivity contribution in [2.45, 2.75) is 37.8 Å². The van der Waals surface area contributed by atoms with Crippen LogP contribution < -0.4 is 21.5 Å². The van der Waals surface area contributed by atoms with Crippen LogP contribution in [0.4, 0.5) is 17.3 Å². The van der Waals surface area contributed by atoms with E-state index in [9.17, 15) is 9.59 Å². The highest BCUT2D eigenvalue weighted by Gasteiger charge is 2.28. The fourth-order valence-corrected chi connectivity index (χ4v) is 5.24. The predicted molar refractivity (Wildman–Crippen MR) is 141 cm³/mol. The summed E-state index contributed by atoms with van der Waals surface area (Å²) in [5.74, 6) is 0.458. The zero-order chi connectivity index (χ0) is 24.5. The number of fused-ring (bicyclic) bond motifs is 2. The van der Waals surface area contributed by atoms with Crippen LogP contribution in [0.15, 0.2) is 71.7 Å². The van der Waals surface area contributed by atoms with E-state index in [0.717, 1.165) is 53.8 Å². The molecule has 2 aromatic carbocycles. The lowest BCUT2D eigenvalue weighted by Crippen LogP contribution is -2.35. The molecule has 1 aliphatic carbocycles. The second-order valence-corrected chi connectivity index (χ2v) is 9.53. The van der Waals surface area contributed by atoms with Crippen molar-refractivity contribution < 1.29 is 4.79 Å². The summed E-state index contributed by atoms with van der Waals surface area (Å²) in [5.41, 5.74) is 4.02. The normalized spacial score (nSPS) is 18.1. The molecule has 2 aliphatic rings. The molecular formula is C28H28N6O2. The zero-order valence-corrected chi connectivity index (χ0v) is 19.9. The van der Waals surface area contributed by atoms with Gasteiger partial charge in [0.1, 0.15) is 5.65 Å². The summed E-state index contributed by atoms with van der Waals surface area (Å²) in [7, 11) is 0. The van der Waals surface area contributed by atoms with E-state index in [1.54, 1.807) is 16.8 Å². The highest BCUT2D eigenvalue weighted by atomic mass is 16.1. The number of carbonyl (C=O) groups is 1. The SMILES string of the molecule is O=C1CC(n2c(=O)ccc3cnc(Nc4ccc(NC5CCNCC5)cc4)nc32)Cc2ccccc21. The number of rotatable bonds is 5. The van der Waals surface area contributed by atoms with Crippen LogP contribution in [-0.2, 0) is 6.42 Å². The van der Waals surface area contributed by atoms with Gasteiger partial charge in [-0.2, -0.15) is 4.98 Å². The summed E-state index contributed by atoms with van der Waals surface area (Å²) in [5, 5.41) is 11.0. The highest BCUT2D eigenvalue weighted by molar-refractivity contribution is 5.99. The number of hydrogen-bond acceptors (Lipinski definition) is 7. The second-order valence-electron chi connectivity index (χ2n) is 9.53. The van der Waals surface area contributed by atoms with Crippen molar-refractivity contribution in [3.05, 3.63) is 88.3 Å². The fourth-order valence-electron chi connectivity index (χ4n) is 5.24. The molecule has 36 heavy (non-hydrogen) atoms. The lowest BCUT2D eigenvalue weighted by Gasteiger charge is -2.26. The molecule has 4 aromatic rings. The molecule has 1 fully saturated rings. The van der Waals surface area contributed by atoms with Gasteiger partial charge in [0.15, 0.2) is 5.78 Å². The minimum absolute atomic E-state index is 0.0522. The average molecular weight is 481 g/mol. The fraction of sp³-hybridized carbons (Fsp3) is 0.286. The van der Waals surface area contributed by atoms with E-state index in [1.807, 2.05) is 48.5 Å². The number of piperidine rings is 1. The summed E-state index contributed by atoms with van der Waals surface area (Å²) in [6, 6.07) is 19.2. The molecule has 2 aromatic heterocycles. The van der Waals surface area contributed by atoms with Crippen molar-refractivity contribution in [2.75, 3.05) is 23.7 Å². The van der Waals surface area contributed by atoms with Crippen molar-refractivity contribution in [1.82, 2.24) is 19.9 Å². The average Bonchev–Trinajstić information content (AvgIpc) is 2.90. The van der Waals surface area contributed by atoms with E-state index >= 15 is 0 Å². The molecule has 3 N–H and O–H groups in total. The summed E-state index contributed by atoms with van der Waals surface area (Å²) >= 11 is 0. The van der Waals surface area contributed by atoms with Crippen LogP contribution >= 0.6 is 0 Å². The van der Waals surface area contributed by atoms with Crippen molar-refractivity contribution >= 4 is 34.1 Å². The van der Waals surface area contributed by atoms with Gasteiger partial charge in [0, 0.05) is 47.1 Å². The number of pyridine rings is 1. The van der Waals surface area contributed by atoms with E-state index in [1.165, 1.54) is 6.07 Å². The Hall–Kier alpha value is -4.04. The Bertz CT molecular complexity index is 1470. The first kappa shape index (κ1) is 22.4. The monoisotopic (exact) mass is 480 g/mol. The van der Waals surface area contributed by atoms with E-state index in [-0.39, 0.29) is 23.8 Å². The molecule has 1 aliphatic heterocycles. The number of ketones is 1. The number of carbonyl (C=O) groups excluding carboxylic acids is 1. The molecule has 0 saturated carbocycles. The van der Waals surface area contributed by atoms with Crippen LogP contribution in [0, 0.1) is 0 Å². The number of anilines is 3. The van der Waals surface area contributed by atoms with Crippen molar-refractivity contribution in [1.29, 1.82) is 0 Å². The van der Waals surface area contributed by atoms with Gasteiger partial charge in [-0.15, -0.1) is 0 Å². The maximum absolute atomic E-state index is 13.0. The Balaban J connectivity index is 1.26. The Morgan fingerprint density at radius 3 is 2.50 bits per heavy atom. The van der Waals surface area contributed by atoms with Gasteiger partial charge in [-0.1, -0.05) is 24.3 Å². The third kappa shape index (κ3) is 4.47. The lowest BCUT2D eigenvalue weighted by molar-refractivity contribution is 0.0951. The molecule has 8 nitrogen and oxygen atoms in total. The molecule has 0 spiro atoms. The quantitative estimate of drug-likeness (QED) is 0.396. The molecule has 1 unspecified atom stereocenters. The maximum atomic E-state index is 13.0. The van der Waals surface area contributed by atoms with Gasteiger partial charge in [0.05, 0.1) is 6.04 Å². The van der Waals surface area contributed by atoms with Gasteiger partial charge >= 0.3 is 0 Å². The van der Waals surface area contributed by atoms with Crippen LogP contribution in [0.2, 0.25) is 0 Å². The zero-order valence-electron chi connectivity index (χ0n) is 19.9. The van der Waals surface area contributed by atoms with E-state index in [2.05, 4.69) is 20.9 Å². The number of aromatic nitrogens is 3. The predicted octanol–water partition coefficient (Wildman–Crippen LogP) is 4.07. The smallest absolute Gasteiger partial charge is 0.252 e. The molecule has 1 atom stereocenters. The van der Waals surface area contributed by atoms with Crippen LogP contribution in [0.3, 0.4) is 0 Å². The first-order valence-electron chi connectivity index (χ1n) is 12.5. The number of nitrogens with zero attached hydrogens (tertiary/aromatic N) is 3. The highest BCUT2D eigenvalue weighted by Crippen LogP contribution is 2.30. The van der Waals surface area contributed by atoms with Gasteiger partial charge in [0.2, 0.25) is 5.95 Å². The minimum Gasteiger partial charge on any atom is -0.382 e. The Kier molecular flexibility index (Phi) is 5.95. The van der Waals surface area contributed by atoms with Crippen LogP contribution in [0.1, 0.15) is 41.2 Å². The van der Waals surface area contributed by atoms with Crippen LogP contribution in [-0.4, -0.2) is 39.4 Å². The maximum Gasteiger partial charge on any atom is 0.252 e. The summed E-state index contributed by atoms with van der Waals surface area (Å²) in [6.07, 6.45) is 4.83. The molecular weight excluding hydrogens is 452 g/mol.